The zero-order valence-electron chi connectivity index (χ0n) is 13.0. The molecule has 132 valence electrons. The van der Waals surface area contributed by atoms with E-state index in [1.54, 1.807) is 6.92 Å². The molecule has 25 heavy (non-hydrogen) atoms. The summed E-state index contributed by atoms with van der Waals surface area (Å²) in [6.45, 7) is 1.60. The fourth-order valence-electron chi connectivity index (χ4n) is 2.69. The average molecular weight is 383 g/mol. The third kappa shape index (κ3) is 3.25. The maximum Gasteiger partial charge on any atom is 0.372 e. The van der Waals surface area contributed by atoms with Crippen LogP contribution in [0.4, 0.5) is 5.69 Å². The quantitative estimate of drug-likeness (QED) is 0.266. The number of non-ortho nitro benzene ring substituents is 1. The highest BCUT2D eigenvalue weighted by molar-refractivity contribution is 8.00. The van der Waals surface area contributed by atoms with Gasteiger partial charge in [0.15, 0.2) is 6.04 Å². The first-order valence-electron chi connectivity index (χ1n) is 7.18. The third-order valence-electron chi connectivity index (χ3n) is 3.86. The lowest BCUT2D eigenvalue weighted by molar-refractivity contribution is -0.384. The molecule has 0 aliphatic carbocycles. The number of β-lactam (4-membered cyclic amide) rings is 1. The Labute approximate surface area is 146 Å². The van der Waals surface area contributed by atoms with Crippen LogP contribution in [-0.4, -0.2) is 48.9 Å². The fraction of sp³-hybridized carbons (Fsp3) is 0.286. The van der Waals surface area contributed by atoms with Crippen molar-refractivity contribution in [1.82, 2.24) is 4.90 Å². The van der Waals surface area contributed by atoms with E-state index in [9.17, 15) is 29.3 Å². The molecule has 2 aliphatic rings. The van der Waals surface area contributed by atoms with Crippen molar-refractivity contribution in [3.05, 3.63) is 51.0 Å². The van der Waals surface area contributed by atoms with Crippen molar-refractivity contribution in [2.45, 2.75) is 18.3 Å². The van der Waals surface area contributed by atoms with Crippen LogP contribution >= 0.6 is 19.4 Å². The van der Waals surface area contributed by atoms with Gasteiger partial charge >= 0.3 is 7.60 Å². The molecule has 1 aromatic rings. The summed E-state index contributed by atoms with van der Waals surface area (Å²) >= 11 is 1.40. The minimum Gasteiger partial charge on any atom is -0.320 e. The number of amides is 1. The Morgan fingerprint density at radius 2 is 2.04 bits per heavy atom. The van der Waals surface area contributed by atoms with E-state index in [1.165, 1.54) is 42.2 Å². The lowest BCUT2D eigenvalue weighted by atomic mass is 10.1. The van der Waals surface area contributed by atoms with Gasteiger partial charge in [0, 0.05) is 24.1 Å². The summed E-state index contributed by atoms with van der Waals surface area (Å²) in [6, 6.07) is 4.98. The normalized spacial score (nSPS) is 23.6. The number of nitrogens with zero attached hydrogens (tertiary/aromatic N) is 3. The van der Waals surface area contributed by atoms with Gasteiger partial charge in [-0.05, 0) is 30.2 Å². The van der Waals surface area contributed by atoms with Gasteiger partial charge in [-0.25, -0.2) is 0 Å². The molecule has 1 fully saturated rings. The molecule has 0 aromatic heterocycles. The van der Waals surface area contributed by atoms with E-state index in [0.717, 1.165) is 4.90 Å². The minimum absolute atomic E-state index is 0.0437. The molecular weight excluding hydrogens is 369 g/mol. The molecule has 2 aliphatic heterocycles. The molecule has 0 saturated carbocycles. The standard InChI is InChI=1S/C14H14N3O6PS/c1-8-7-25-14-11(12(18)16(14)13(8)24(21,22)23)15-6-9-2-4-10(5-3-9)17(19)20/h2-6,11,14H,7H2,1H3,(H2,21,22,23)/t11-,14+/m1/s1. The average Bonchev–Trinajstić information content (AvgIpc) is 2.54. The lowest BCUT2D eigenvalue weighted by Gasteiger charge is -2.48. The number of nitro benzene ring substituents is 1. The molecular formula is C14H14N3O6PS. The molecule has 9 nitrogen and oxygen atoms in total. The van der Waals surface area contributed by atoms with Gasteiger partial charge < -0.3 is 9.79 Å². The largest absolute Gasteiger partial charge is 0.372 e. The molecule has 0 unspecified atom stereocenters. The predicted molar refractivity (Wildman–Crippen MR) is 92.3 cm³/mol. The van der Waals surface area contributed by atoms with Crippen molar-refractivity contribution in [2.75, 3.05) is 5.75 Å². The topological polar surface area (TPSA) is 133 Å². The number of rotatable bonds is 4. The Kier molecular flexibility index (Phi) is 4.54. The van der Waals surface area contributed by atoms with E-state index < -0.39 is 29.8 Å². The third-order valence-corrected chi connectivity index (χ3v) is 6.42. The smallest absolute Gasteiger partial charge is 0.320 e. The van der Waals surface area contributed by atoms with E-state index in [-0.39, 0.29) is 11.1 Å². The van der Waals surface area contributed by atoms with Crippen LogP contribution in [0.15, 0.2) is 40.3 Å². The number of aliphatic imine (C=N–C) groups is 1. The zero-order chi connectivity index (χ0) is 18.4. The predicted octanol–water partition coefficient (Wildman–Crippen LogP) is 1.71. The first-order chi connectivity index (χ1) is 11.7. The summed E-state index contributed by atoms with van der Waals surface area (Å²) in [6.07, 6.45) is 1.44. The number of carbonyl (C=O) groups is 1. The monoisotopic (exact) mass is 383 g/mol. The summed E-state index contributed by atoms with van der Waals surface area (Å²) in [5.74, 6) is -0.0497. The molecule has 0 radical (unpaired) electrons. The summed E-state index contributed by atoms with van der Waals surface area (Å²) in [4.78, 5) is 46.7. The van der Waals surface area contributed by atoms with Crippen molar-refractivity contribution < 1.29 is 24.1 Å². The van der Waals surface area contributed by atoms with Gasteiger partial charge in [0.2, 0.25) is 0 Å². The molecule has 1 saturated heterocycles. The summed E-state index contributed by atoms with van der Waals surface area (Å²) < 4.78 is 11.6. The summed E-state index contributed by atoms with van der Waals surface area (Å²) in [5, 5.41) is 10.2. The van der Waals surface area contributed by atoms with Gasteiger partial charge in [0.05, 0.1) is 4.92 Å². The number of benzene rings is 1. The van der Waals surface area contributed by atoms with Gasteiger partial charge in [-0.2, -0.15) is 0 Å². The summed E-state index contributed by atoms with van der Waals surface area (Å²) in [7, 11) is -4.54. The van der Waals surface area contributed by atoms with E-state index >= 15 is 0 Å². The molecule has 1 aromatic carbocycles. The number of nitro groups is 1. The van der Waals surface area contributed by atoms with Crippen LogP contribution in [0.3, 0.4) is 0 Å². The highest BCUT2D eigenvalue weighted by atomic mass is 32.2. The number of carbonyl (C=O) groups excluding carboxylic acids is 1. The first kappa shape index (κ1) is 17.8. The van der Waals surface area contributed by atoms with Gasteiger partial charge in [0.1, 0.15) is 10.8 Å². The fourth-order valence-corrected chi connectivity index (χ4v) is 5.24. The van der Waals surface area contributed by atoms with Gasteiger partial charge in [-0.3, -0.25) is 29.4 Å². The second-order valence-corrected chi connectivity index (χ2v) is 8.25. The molecule has 0 spiro atoms. The Balaban J connectivity index is 1.78. The molecule has 2 heterocycles. The molecule has 1 amide bonds. The van der Waals surface area contributed by atoms with Crippen molar-refractivity contribution in [2.24, 2.45) is 4.99 Å². The zero-order valence-corrected chi connectivity index (χ0v) is 14.7. The molecule has 3 rings (SSSR count). The van der Waals surface area contributed by atoms with Crippen LogP contribution in [0.5, 0.6) is 0 Å². The Morgan fingerprint density at radius 3 is 2.60 bits per heavy atom. The van der Waals surface area contributed by atoms with Gasteiger partial charge in [0.25, 0.3) is 11.6 Å². The SMILES string of the molecule is CC1=C(P(=O)(O)O)N2C(=O)[C@@H](N=Cc3ccc([N+](=O)[O-])cc3)[C@@H]2SC1. The molecule has 0 bridgehead atoms. The van der Waals surface area contributed by atoms with Gasteiger partial charge in [-0.1, -0.05) is 0 Å². The highest BCUT2D eigenvalue weighted by Gasteiger charge is 2.54. The van der Waals surface area contributed by atoms with E-state index in [1.807, 2.05) is 0 Å². The number of hydrogen-bond acceptors (Lipinski definition) is 6. The number of fused-ring (bicyclic) bond motifs is 1. The van der Waals surface area contributed by atoms with Crippen LogP contribution in [0, 0.1) is 10.1 Å². The lowest BCUT2D eigenvalue weighted by Crippen LogP contribution is -2.63. The Hall–Kier alpha value is -2.00. The molecule has 11 heteroatoms. The Bertz CT molecular complexity index is 847. The summed E-state index contributed by atoms with van der Waals surface area (Å²) in [5.41, 5.74) is 0.821. The first-order valence-corrected chi connectivity index (χ1v) is 9.84. The maximum absolute atomic E-state index is 12.3. The van der Waals surface area contributed by atoms with Crippen LogP contribution < -0.4 is 0 Å². The maximum atomic E-state index is 12.3. The van der Waals surface area contributed by atoms with E-state index in [0.29, 0.717) is 16.9 Å². The van der Waals surface area contributed by atoms with Crippen LogP contribution in [-0.2, 0) is 9.36 Å². The highest BCUT2D eigenvalue weighted by Crippen LogP contribution is 2.56. The second-order valence-electron chi connectivity index (χ2n) is 5.63. The van der Waals surface area contributed by atoms with E-state index in [4.69, 9.17) is 0 Å². The van der Waals surface area contributed by atoms with Crippen molar-refractivity contribution in [3.8, 4) is 0 Å². The van der Waals surface area contributed by atoms with Crippen LogP contribution in [0.2, 0.25) is 0 Å². The van der Waals surface area contributed by atoms with Crippen molar-refractivity contribution in [1.29, 1.82) is 0 Å². The second kappa shape index (κ2) is 6.38. The number of thioether (sulfide) groups is 1. The molecule has 2 atom stereocenters. The van der Waals surface area contributed by atoms with Crippen LogP contribution in [0.1, 0.15) is 12.5 Å². The minimum atomic E-state index is -4.54. The Morgan fingerprint density at radius 1 is 1.40 bits per heavy atom. The molecule has 2 N–H and O–H groups in total. The van der Waals surface area contributed by atoms with Crippen LogP contribution in [0.25, 0.3) is 0 Å². The van der Waals surface area contributed by atoms with Crippen molar-refractivity contribution >= 4 is 37.2 Å². The van der Waals surface area contributed by atoms with E-state index in [2.05, 4.69) is 4.99 Å². The number of hydrogen-bond donors (Lipinski definition) is 2. The van der Waals surface area contributed by atoms with Crippen molar-refractivity contribution in [3.63, 3.8) is 0 Å². The van der Waals surface area contributed by atoms with Gasteiger partial charge in [-0.15, -0.1) is 11.8 Å².